The van der Waals surface area contributed by atoms with E-state index in [1.165, 1.54) is 24.3 Å². The molecule has 1 amide bonds. The molecule has 0 spiro atoms. The van der Waals surface area contributed by atoms with Crippen molar-refractivity contribution in [1.82, 2.24) is 4.98 Å². The minimum Gasteiger partial charge on any atom is -0.422 e. The molecule has 7 nitrogen and oxygen atoms in total. The van der Waals surface area contributed by atoms with Gasteiger partial charge < -0.3 is 4.42 Å². The van der Waals surface area contributed by atoms with Crippen LogP contribution in [0.4, 0.5) is 5.13 Å². The number of hydrogen-bond acceptors (Lipinski definition) is 7. The number of carbonyl (C=O) groups excluding carboxylic acids is 1. The van der Waals surface area contributed by atoms with Gasteiger partial charge in [0.05, 0.1) is 21.9 Å². The molecule has 0 saturated carbocycles. The molecule has 0 fully saturated rings. The Kier molecular flexibility index (Phi) is 5.23. The summed E-state index contributed by atoms with van der Waals surface area (Å²) in [4.78, 5) is 29.2. The SMILES string of the molecule is CCS(=O)(=O)c1cccc(C(=O)Nc2nc(-c3cc4ccccc4oc3=O)cs2)c1. The van der Waals surface area contributed by atoms with E-state index in [-0.39, 0.29) is 21.3 Å². The van der Waals surface area contributed by atoms with Gasteiger partial charge in [0.15, 0.2) is 15.0 Å². The summed E-state index contributed by atoms with van der Waals surface area (Å²) >= 11 is 1.15. The Labute approximate surface area is 175 Å². The Hall–Kier alpha value is -3.30. The number of benzene rings is 2. The van der Waals surface area contributed by atoms with E-state index < -0.39 is 21.4 Å². The van der Waals surface area contributed by atoms with Crippen molar-refractivity contribution >= 4 is 43.2 Å². The molecule has 1 N–H and O–H groups in total. The monoisotopic (exact) mass is 440 g/mol. The molecular weight excluding hydrogens is 424 g/mol. The standard InChI is InChI=1S/C21H16N2O5S2/c1-2-30(26,27)15-8-5-7-14(10-15)19(24)23-21-22-17(12-29-21)16-11-13-6-3-4-9-18(13)28-20(16)25/h3-12H,2H2,1H3,(H,22,23,24). The molecule has 152 valence electrons. The van der Waals surface area contributed by atoms with Crippen molar-refractivity contribution < 1.29 is 17.6 Å². The number of anilines is 1. The number of hydrogen-bond donors (Lipinski definition) is 1. The lowest BCUT2D eigenvalue weighted by atomic mass is 10.1. The summed E-state index contributed by atoms with van der Waals surface area (Å²) < 4.78 is 29.4. The minimum atomic E-state index is -3.42. The molecule has 4 aromatic rings. The van der Waals surface area contributed by atoms with Crippen LogP contribution in [0.1, 0.15) is 17.3 Å². The smallest absolute Gasteiger partial charge is 0.345 e. The van der Waals surface area contributed by atoms with E-state index in [9.17, 15) is 18.0 Å². The van der Waals surface area contributed by atoms with Crippen molar-refractivity contribution in [2.24, 2.45) is 0 Å². The number of fused-ring (bicyclic) bond motifs is 1. The molecular formula is C21H16N2O5S2. The largest absolute Gasteiger partial charge is 0.422 e. The normalized spacial score (nSPS) is 11.5. The van der Waals surface area contributed by atoms with E-state index in [1.807, 2.05) is 12.1 Å². The Bertz CT molecular complexity index is 1420. The first-order valence-electron chi connectivity index (χ1n) is 9.00. The van der Waals surface area contributed by atoms with E-state index >= 15 is 0 Å². The first-order valence-corrected chi connectivity index (χ1v) is 11.5. The number of rotatable bonds is 5. The van der Waals surface area contributed by atoms with Gasteiger partial charge in [-0.05, 0) is 30.3 Å². The van der Waals surface area contributed by atoms with Crippen LogP contribution in [-0.2, 0) is 9.84 Å². The van der Waals surface area contributed by atoms with Gasteiger partial charge in [0, 0.05) is 16.3 Å². The Morgan fingerprint density at radius 1 is 1.13 bits per heavy atom. The molecule has 0 radical (unpaired) electrons. The minimum absolute atomic E-state index is 0.0533. The van der Waals surface area contributed by atoms with E-state index in [1.54, 1.807) is 30.5 Å². The number of aromatic nitrogens is 1. The van der Waals surface area contributed by atoms with E-state index in [0.717, 1.165) is 16.7 Å². The van der Waals surface area contributed by atoms with Crippen LogP contribution in [0.5, 0.6) is 0 Å². The molecule has 0 aliphatic carbocycles. The quantitative estimate of drug-likeness (QED) is 0.471. The summed E-state index contributed by atoms with van der Waals surface area (Å²) in [6.07, 6.45) is 0. The summed E-state index contributed by atoms with van der Waals surface area (Å²) in [5.74, 6) is -0.544. The van der Waals surface area contributed by atoms with Gasteiger partial charge in [-0.1, -0.05) is 31.2 Å². The Morgan fingerprint density at radius 3 is 2.73 bits per heavy atom. The van der Waals surface area contributed by atoms with Gasteiger partial charge in [-0.3, -0.25) is 10.1 Å². The first-order chi connectivity index (χ1) is 14.4. The second-order valence-electron chi connectivity index (χ2n) is 6.41. The molecule has 2 heterocycles. The molecule has 0 saturated heterocycles. The fraction of sp³-hybridized carbons (Fsp3) is 0.0952. The maximum atomic E-state index is 12.5. The molecule has 30 heavy (non-hydrogen) atoms. The fourth-order valence-electron chi connectivity index (χ4n) is 2.86. The number of para-hydroxylation sites is 1. The first kappa shape index (κ1) is 20.0. The molecule has 0 aliphatic heterocycles. The van der Waals surface area contributed by atoms with Crippen molar-refractivity contribution in [1.29, 1.82) is 0 Å². The maximum Gasteiger partial charge on any atom is 0.345 e. The van der Waals surface area contributed by atoms with E-state index in [0.29, 0.717) is 16.8 Å². The van der Waals surface area contributed by atoms with Gasteiger partial charge in [0.2, 0.25) is 0 Å². The average Bonchev–Trinajstić information content (AvgIpc) is 3.21. The van der Waals surface area contributed by atoms with Crippen molar-refractivity contribution in [3.63, 3.8) is 0 Å². The van der Waals surface area contributed by atoms with Crippen LogP contribution in [0, 0.1) is 0 Å². The van der Waals surface area contributed by atoms with Gasteiger partial charge in [-0.25, -0.2) is 18.2 Å². The molecule has 2 aromatic carbocycles. The zero-order valence-electron chi connectivity index (χ0n) is 15.8. The number of nitrogens with one attached hydrogen (secondary N) is 1. The molecule has 0 aliphatic rings. The van der Waals surface area contributed by atoms with E-state index in [4.69, 9.17) is 4.42 Å². The number of carbonyl (C=O) groups is 1. The van der Waals surface area contributed by atoms with Crippen molar-refractivity contribution in [2.75, 3.05) is 11.1 Å². The van der Waals surface area contributed by atoms with Crippen LogP contribution in [0.2, 0.25) is 0 Å². The number of thiazole rings is 1. The number of amides is 1. The maximum absolute atomic E-state index is 12.5. The van der Waals surface area contributed by atoms with Gasteiger partial charge in [-0.2, -0.15) is 0 Å². The highest BCUT2D eigenvalue weighted by molar-refractivity contribution is 7.91. The Morgan fingerprint density at radius 2 is 1.93 bits per heavy atom. The lowest BCUT2D eigenvalue weighted by molar-refractivity contribution is 0.102. The van der Waals surface area contributed by atoms with Crippen LogP contribution in [0.15, 0.2) is 74.1 Å². The highest BCUT2D eigenvalue weighted by atomic mass is 32.2. The third-order valence-electron chi connectivity index (χ3n) is 4.48. The Balaban J connectivity index is 1.60. The van der Waals surface area contributed by atoms with Gasteiger partial charge in [0.25, 0.3) is 5.91 Å². The third-order valence-corrected chi connectivity index (χ3v) is 6.97. The zero-order valence-corrected chi connectivity index (χ0v) is 17.4. The van der Waals surface area contributed by atoms with Gasteiger partial charge in [-0.15, -0.1) is 11.3 Å². The summed E-state index contributed by atoms with van der Waals surface area (Å²) in [5.41, 5.74) is 0.844. The second-order valence-corrected chi connectivity index (χ2v) is 9.54. The lowest BCUT2D eigenvalue weighted by Gasteiger charge is -2.05. The average molecular weight is 441 g/mol. The predicted octanol–water partition coefficient (Wildman–Crippen LogP) is 3.96. The summed E-state index contributed by atoms with van der Waals surface area (Å²) in [7, 11) is -3.42. The topological polar surface area (TPSA) is 106 Å². The number of nitrogens with zero attached hydrogens (tertiary/aromatic N) is 1. The summed E-state index contributed by atoms with van der Waals surface area (Å²) in [6, 6.07) is 14.7. The van der Waals surface area contributed by atoms with Crippen LogP contribution in [-0.4, -0.2) is 25.1 Å². The van der Waals surface area contributed by atoms with Crippen LogP contribution in [0.25, 0.3) is 22.2 Å². The number of sulfone groups is 1. The molecule has 9 heteroatoms. The van der Waals surface area contributed by atoms with Gasteiger partial charge >= 0.3 is 5.63 Å². The fourth-order valence-corrected chi connectivity index (χ4v) is 4.49. The third kappa shape index (κ3) is 3.89. The molecule has 0 unspecified atom stereocenters. The van der Waals surface area contributed by atoms with Crippen molar-refractivity contribution in [2.45, 2.75) is 11.8 Å². The molecule has 4 rings (SSSR count). The van der Waals surface area contributed by atoms with Gasteiger partial charge in [0.1, 0.15) is 5.58 Å². The van der Waals surface area contributed by atoms with Crippen molar-refractivity contribution in [3.8, 4) is 11.3 Å². The molecule has 2 aromatic heterocycles. The lowest BCUT2D eigenvalue weighted by Crippen LogP contribution is -2.13. The van der Waals surface area contributed by atoms with Crippen molar-refractivity contribution in [3.05, 3.63) is 76.0 Å². The zero-order chi connectivity index (χ0) is 21.3. The summed E-state index contributed by atoms with van der Waals surface area (Å²) in [5, 5.41) is 5.34. The van der Waals surface area contributed by atoms with Crippen LogP contribution < -0.4 is 10.9 Å². The summed E-state index contributed by atoms with van der Waals surface area (Å²) in [6.45, 7) is 1.54. The molecule has 0 bridgehead atoms. The van der Waals surface area contributed by atoms with Crippen LogP contribution >= 0.6 is 11.3 Å². The highest BCUT2D eigenvalue weighted by Crippen LogP contribution is 2.26. The van der Waals surface area contributed by atoms with Crippen LogP contribution in [0.3, 0.4) is 0 Å². The predicted molar refractivity (Wildman–Crippen MR) is 116 cm³/mol. The second kappa shape index (κ2) is 7.85. The highest BCUT2D eigenvalue weighted by Gasteiger charge is 2.16. The molecule has 0 atom stereocenters. The van der Waals surface area contributed by atoms with E-state index in [2.05, 4.69) is 10.3 Å².